The molecule has 1 atom stereocenters. The molecule has 0 aliphatic heterocycles. The van der Waals surface area contributed by atoms with Crippen molar-refractivity contribution in [3.63, 3.8) is 0 Å². The maximum Gasteiger partial charge on any atom is 0.227 e. The smallest absolute Gasteiger partial charge is 0.227 e. The lowest BCUT2D eigenvalue weighted by molar-refractivity contribution is -0.120. The van der Waals surface area contributed by atoms with Gasteiger partial charge < -0.3 is 5.32 Å². The van der Waals surface area contributed by atoms with Crippen LogP contribution in [0.1, 0.15) is 39.5 Å². The van der Waals surface area contributed by atoms with Crippen molar-refractivity contribution < 1.29 is 4.79 Å². The van der Waals surface area contributed by atoms with Crippen molar-refractivity contribution in [3.8, 4) is 0 Å². The van der Waals surface area contributed by atoms with E-state index in [2.05, 4.69) is 37.4 Å². The number of rotatable bonds is 6. The third kappa shape index (κ3) is 3.60. The lowest BCUT2D eigenvalue weighted by Gasteiger charge is -2.15. The highest BCUT2D eigenvalue weighted by Gasteiger charge is 2.15. The van der Waals surface area contributed by atoms with Gasteiger partial charge in [-0.05, 0) is 35.7 Å². The highest BCUT2D eigenvalue weighted by Crippen LogP contribution is 2.21. The number of nitrogens with one attached hydrogen (secondary N) is 1. The molecule has 0 radical (unpaired) electrons. The number of fused-ring (bicyclic) bond motifs is 1. The Hall–Kier alpha value is -1.83. The SMILES string of the molecule is CCCCC(CC)C(=O)Nc1ccc2ccccc2c1. The summed E-state index contributed by atoms with van der Waals surface area (Å²) in [6.45, 7) is 4.24. The largest absolute Gasteiger partial charge is 0.326 e. The number of unbranched alkanes of at least 4 members (excludes halogenated alkanes) is 1. The molecule has 0 heterocycles. The van der Waals surface area contributed by atoms with E-state index in [1.165, 1.54) is 5.39 Å². The normalized spacial score (nSPS) is 12.3. The van der Waals surface area contributed by atoms with Gasteiger partial charge in [-0.2, -0.15) is 0 Å². The van der Waals surface area contributed by atoms with Gasteiger partial charge in [-0.15, -0.1) is 0 Å². The summed E-state index contributed by atoms with van der Waals surface area (Å²) in [4.78, 5) is 12.3. The first-order chi connectivity index (χ1) is 9.74. The van der Waals surface area contributed by atoms with Crippen LogP contribution < -0.4 is 5.32 Å². The quantitative estimate of drug-likeness (QED) is 0.786. The zero-order valence-corrected chi connectivity index (χ0v) is 12.4. The third-order valence-corrected chi connectivity index (χ3v) is 3.79. The number of benzene rings is 2. The van der Waals surface area contributed by atoms with Crippen LogP contribution in [-0.2, 0) is 4.79 Å². The van der Waals surface area contributed by atoms with Crippen LogP contribution in [0.2, 0.25) is 0 Å². The highest BCUT2D eigenvalue weighted by atomic mass is 16.1. The fourth-order valence-corrected chi connectivity index (χ4v) is 2.48. The maximum absolute atomic E-state index is 12.3. The molecule has 2 heteroatoms. The number of amides is 1. The van der Waals surface area contributed by atoms with Crippen molar-refractivity contribution in [2.75, 3.05) is 5.32 Å². The molecule has 1 N–H and O–H groups in total. The van der Waals surface area contributed by atoms with Crippen LogP contribution in [0.4, 0.5) is 5.69 Å². The van der Waals surface area contributed by atoms with Gasteiger partial charge in [-0.25, -0.2) is 0 Å². The van der Waals surface area contributed by atoms with E-state index in [-0.39, 0.29) is 11.8 Å². The maximum atomic E-state index is 12.3. The topological polar surface area (TPSA) is 29.1 Å². The van der Waals surface area contributed by atoms with Gasteiger partial charge in [0.15, 0.2) is 0 Å². The van der Waals surface area contributed by atoms with Crippen LogP contribution in [0.5, 0.6) is 0 Å². The average molecular weight is 269 g/mol. The molecule has 0 bridgehead atoms. The lowest BCUT2D eigenvalue weighted by Crippen LogP contribution is -2.22. The Balaban J connectivity index is 2.08. The van der Waals surface area contributed by atoms with Gasteiger partial charge in [-0.3, -0.25) is 4.79 Å². The number of hydrogen-bond acceptors (Lipinski definition) is 1. The van der Waals surface area contributed by atoms with Gasteiger partial charge >= 0.3 is 0 Å². The summed E-state index contributed by atoms with van der Waals surface area (Å²) in [5.41, 5.74) is 0.892. The van der Waals surface area contributed by atoms with Crippen LogP contribution in [0.15, 0.2) is 42.5 Å². The van der Waals surface area contributed by atoms with Crippen molar-refractivity contribution in [1.29, 1.82) is 0 Å². The number of carbonyl (C=O) groups is 1. The monoisotopic (exact) mass is 269 g/mol. The van der Waals surface area contributed by atoms with Crippen molar-refractivity contribution in [2.45, 2.75) is 39.5 Å². The van der Waals surface area contributed by atoms with Crippen LogP contribution in [0, 0.1) is 5.92 Å². The van der Waals surface area contributed by atoms with Gasteiger partial charge in [0, 0.05) is 11.6 Å². The Morgan fingerprint density at radius 1 is 1.10 bits per heavy atom. The second-order valence-corrected chi connectivity index (χ2v) is 5.30. The lowest BCUT2D eigenvalue weighted by atomic mass is 9.98. The van der Waals surface area contributed by atoms with Crippen molar-refractivity contribution >= 4 is 22.4 Å². The third-order valence-electron chi connectivity index (χ3n) is 3.79. The summed E-state index contributed by atoms with van der Waals surface area (Å²) in [5, 5.41) is 5.41. The van der Waals surface area contributed by atoms with E-state index in [0.29, 0.717) is 0 Å². The second kappa shape index (κ2) is 7.09. The average Bonchev–Trinajstić information content (AvgIpc) is 2.48. The minimum Gasteiger partial charge on any atom is -0.326 e. The molecule has 0 aromatic heterocycles. The number of carbonyl (C=O) groups excluding carboxylic acids is 1. The summed E-state index contributed by atoms with van der Waals surface area (Å²) in [6.07, 6.45) is 4.13. The Kier molecular flexibility index (Phi) is 5.16. The predicted molar refractivity (Wildman–Crippen MR) is 85.9 cm³/mol. The zero-order chi connectivity index (χ0) is 14.4. The fraction of sp³-hybridized carbons (Fsp3) is 0.389. The van der Waals surface area contributed by atoms with Crippen LogP contribution >= 0.6 is 0 Å². The summed E-state index contributed by atoms with van der Waals surface area (Å²) in [6, 6.07) is 14.3. The second-order valence-electron chi connectivity index (χ2n) is 5.30. The summed E-state index contributed by atoms with van der Waals surface area (Å²) in [7, 11) is 0. The molecule has 1 amide bonds. The molecule has 0 saturated heterocycles. The first kappa shape index (κ1) is 14.6. The first-order valence-electron chi connectivity index (χ1n) is 7.54. The standard InChI is InChI=1S/C18H23NO/c1-3-5-8-14(4-2)18(20)19-17-12-11-15-9-6-7-10-16(15)13-17/h6-7,9-14H,3-5,8H2,1-2H3,(H,19,20). The molecule has 0 aliphatic carbocycles. The van der Waals surface area contributed by atoms with Gasteiger partial charge in [0.25, 0.3) is 0 Å². The Morgan fingerprint density at radius 2 is 1.85 bits per heavy atom. The van der Waals surface area contributed by atoms with Crippen LogP contribution in [0.25, 0.3) is 10.8 Å². The fourth-order valence-electron chi connectivity index (χ4n) is 2.48. The molecule has 2 nitrogen and oxygen atoms in total. The Labute approximate surface area is 121 Å². The Bertz CT molecular complexity index is 576. The summed E-state index contributed by atoms with van der Waals surface area (Å²) in [5.74, 6) is 0.276. The molecule has 0 spiro atoms. The van der Waals surface area contributed by atoms with E-state index in [4.69, 9.17) is 0 Å². The molecular weight excluding hydrogens is 246 g/mol. The van der Waals surface area contributed by atoms with Crippen LogP contribution in [-0.4, -0.2) is 5.91 Å². The van der Waals surface area contributed by atoms with Gasteiger partial charge in [0.1, 0.15) is 0 Å². The predicted octanol–water partition coefficient (Wildman–Crippen LogP) is 4.99. The molecule has 0 aliphatic rings. The summed E-state index contributed by atoms with van der Waals surface area (Å²) >= 11 is 0. The molecule has 0 saturated carbocycles. The zero-order valence-electron chi connectivity index (χ0n) is 12.4. The van der Waals surface area contributed by atoms with E-state index in [1.807, 2.05) is 24.3 Å². The molecule has 20 heavy (non-hydrogen) atoms. The molecule has 106 valence electrons. The van der Waals surface area contributed by atoms with E-state index in [9.17, 15) is 4.79 Å². The van der Waals surface area contributed by atoms with E-state index >= 15 is 0 Å². The van der Waals surface area contributed by atoms with Gasteiger partial charge in [0.2, 0.25) is 5.91 Å². The van der Waals surface area contributed by atoms with Crippen molar-refractivity contribution in [2.24, 2.45) is 5.92 Å². The number of hydrogen-bond donors (Lipinski definition) is 1. The van der Waals surface area contributed by atoms with Gasteiger partial charge in [0.05, 0.1) is 0 Å². The van der Waals surface area contributed by atoms with E-state index < -0.39 is 0 Å². The molecule has 2 aromatic carbocycles. The summed E-state index contributed by atoms with van der Waals surface area (Å²) < 4.78 is 0. The molecule has 0 fully saturated rings. The molecule has 2 rings (SSSR count). The van der Waals surface area contributed by atoms with E-state index in [1.54, 1.807) is 0 Å². The molecule has 2 aromatic rings. The van der Waals surface area contributed by atoms with Crippen molar-refractivity contribution in [1.82, 2.24) is 0 Å². The van der Waals surface area contributed by atoms with Gasteiger partial charge in [-0.1, -0.05) is 57.0 Å². The molecular formula is C18H23NO. The molecule has 1 unspecified atom stereocenters. The van der Waals surface area contributed by atoms with Crippen LogP contribution in [0.3, 0.4) is 0 Å². The van der Waals surface area contributed by atoms with Crippen molar-refractivity contribution in [3.05, 3.63) is 42.5 Å². The number of anilines is 1. The minimum atomic E-state index is 0.126. The minimum absolute atomic E-state index is 0.126. The Morgan fingerprint density at radius 3 is 2.55 bits per heavy atom. The first-order valence-corrected chi connectivity index (χ1v) is 7.54. The highest BCUT2D eigenvalue weighted by molar-refractivity contribution is 5.95. The van der Waals surface area contributed by atoms with E-state index in [0.717, 1.165) is 36.8 Å².